The van der Waals surface area contributed by atoms with E-state index in [1.54, 1.807) is 0 Å². The van der Waals surface area contributed by atoms with Gasteiger partial charge in [-0.3, -0.25) is 0 Å². The van der Waals surface area contributed by atoms with Gasteiger partial charge in [0, 0.05) is 43.9 Å². The topological polar surface area (TPSA) is 56.7 Å². The van der Waals surface area contributed by atoms with Gasteiger partial charge < -0.3 is 8.98 Å². The third-order valence-electron chi connectivity index (χ3n) is 8.31. The molecule has 0 unspecified atom stereocenters. The van der Waals surface area contributed by atoms with Gasteiger partial charge in [0.05, 0.1) is 54.9 Å². The fourth-order valence-corrected chi connectivity index (χ4v) is 5.87. The van der Waals surface area contributed by atoms with Crippen molar-refractivity contribution in [2.75, 3.05) is 0 Å². The van der Waals surface area contributed by atoms with Gasteiger partial charge in [-0.1, -0.05) is 145 Å². The van der Waals surface area contributed by atoms with Crippen molar-refractivity contribution in [3.63, 3.8) is 0 Å². The Bertz CT molecular complexity index is 5080. The maximum atomic E-state index is 10.1. The Morgan fingerprint density at radius 2 is 0.857 bits per heavy atom. The van der Waals surface area contributed by atoms with Crippen molar-refractivity contribution in [2.24, 2.45) is 0 Å². The minimum absolute atomic E-state index is 0.394. The lowest BCUT2D eigenvalue weighted by Gasteiger charge is -2.12. The fourth-order valence-electron chi connectivity index (χ4n) is 5.87. The van der Waals surface area contributed by atoms with E-state index < -0.39 is 299 Å². The Morgan fingerprint density at radius 1 is 0.339 bits per heavy atom. The number of nitrogens with zero attached hydrogens (tertiary/aromatic N) is 4. The molecule has 0 saturated heterocycles. The summed E-state index contributed by atoms with van der Waals surface area (Å²) in [5.41, 5.74) is -9.73. The van der Waals surface area contributed by atoms with Crippen LogP contribution in [0.15, 0.2) is 198 Å². The van der Waals surface area contributed by atoms with Gasteiger partial charge in [0.1, 0.15) is 11.2 Å². The second-order valence-electron chi connectivity index (χ2n) is 11.6. The quantitative estimate of drug-likeness (QED) is 0.170. The molecular weight excluding hydrogens is 685 g/mol. The number of aromatic nitrogens is 4. The van der Waals surface area contributed by atoms with Crippen LogP contribution in [0.25, 0.3) is 106 Å². The van der Waals surface area contributed by atoms with Crippen molar-refractivity contribution in [3.05, 3.63) is 193 Å². The highest BCUT2D eigenvalue weighted by molar-refractivity contribution is 6.10. The lowest BCUT2D eigenvalue weighted by atomic mass is 10.0. The molecule has 11 rings (SSSR count). The molecule has 5 nitrogen and oxygen atoms in total. The number of fused-ring (bicyclic) bond motifs is 6. The van der Waals surface area contributed by atoms with Crippen LogP contribution in [0.5, 0.6) is 0 Å². The molecule has 0 saturated carbocycles. The third-order valence-corrected chi connectivity index (χ3v) is 8.31. The number of hydrogen-bond donors (Lipinski definition) is 0. The summed E-state index contributed by atoms with van der Waals surface area (Å²) in [5, 5.41) is -2.17. The van der Waals surface area contributed by atoms with E-state index in [0.29, 0.717) is 4.57 Å². The zero-order chi connectivity index (χ0) is 64.9. The summed E-state index contributed by atoms with van der Waals surface area (Å²) in [6.07, 6.45) is 0. The number of para-hydroxylation sites is 2. The molecule has 0 aliphatic carbocycles. The molecule has 5 heteroatoms. The summed E-state index contributed by atoms with van der Waals surface area (Å²) in [4.78, 5) is 13.0. The van der Waals surface area contributed by atoms with E-state index in [1.807, 2.05) is 0 Å². The van der Waals surface area contributed by atoms with Gasteiger partial charge in [0.25, 0.3) is 0 Å². The van der Waals surface area contributed by atoms with Crippen molar-refractivity contribution in [1.82, 2.24) is 19.5 Å². The molecule has 262 valence electrons. The number of benzene rings is 8. The van der Waals surface area contributed by atoms with Crippen LogP contribution >= 0.6 is 0 Å². The summed E-state index contributed by atoms with van der Waals surface area (Å²) in [5.74, 6) is -2.95. The molecule has 11 aromatic rings. The normalized spacial score (nSPS) is 19.6. The maximum absolute atomic E-state index is 10.1. The van der Waals surface area contributed by atoms with Crippen LogP contribution in [0.2, 0.25) is 0 Å². The lowest BCUT2D eigenvalue weighted by Crippen LogP contribution is -2.00. The van der Waals surface area contributed by atoms with E-state index in [1.165, 1.54) is 0 Å². The summed E-state index contributed by atoms with van der Waals surface area (Å²) in [6.45, 7) is 0. The van der Waals surface area contributed by atoms with E-state index in [0.717, 1.165) is 0 Å². The molecule has 0 amide bonds. The van der Waals surface area contributed by atoms with Crippen LogP contribution in [0, 0.1) is 0 Å². The first-order valence-corrected chi connectivity index (χ1v) is 16.2. The van der Waals surface area contributed by atoms with E-state index in [2.05, 4.69) is 15.0 Å². The molecule has 0 bridgehead atoms. The van der Waals surface area contributed by atoms with Crippen molar-refractivity contribution >= 4 is 43.7 Å². The maximum Gasteiger partial charge on any atom is 0.164 e. The zero-order valence-electron chi connectivity index (χ0n) is 59.7. The summed E-state index contributed by atoms with van der Waals surface area (Å²) in [7, 11) is 0. The van der Waals surface area contributed by atoms with Crippen LogP contribution in [0.3, 0.4) is 0 Å². The molecule has 0 N–H and O–H groups in total. The smallest absolute Gasteiger partial charge is 0.164 e. The third kappa shape index (κ3) is 5.45. The summed E-state index contributed by atoms with van der Waals surface area (Å²) < 4.78 is 292. The average Bonchev–Trinajstić information content (AvgIpc) is 1.54. The van der Waals surface area contributed by atoms with Crippen LogP contribution in [-0.2, 0) is 0 Å². The lowest BCUT2D eigenvalue weighted by molar-refractivity contribution is 0.669. The van der Waals surface area contributed by atoms with Gasteiger partial charge in [0.15, 0.2) is 17.5 Å². The number of rotatable bonds is 6. The van der Waals surface area contributed by atoms with Gasteiger partial charge in [-0.2, -0.15) is 0 Å². The van der Waals surface area contributed by atoms with E-state index >= 15 is 0 Å². The molecule has 3 aromatic heterocycles. The van der Waals surface area contributed by atoms with Crippen molar-refractivity contribution in [2.45, 2.75) is 0 Å². The van der Waals surface area contributed by atoms with Gasteiger partial charge in [-0.25, -0.2) is 15.0 Å². The van der Waals surface area contributed by atoms with Crippen LogP contribution < -0.4 is 0 Å². The minimum Gasteiger partial charge on any atom is -0.456 e. The molecule has 0 aliphatic heterocycles. The first kappa shape index (κ1) is 13.3. The standard InChI is InChI=1S/C51H32N4O/c1-3-13-33(14-4-1)35-17-11-19-38(29-35)50-52-49(34-15-5-2-6-16-34)53-51(54-50)39-26-27-42-41-21-7-9-23-45(41)55(46(42)31-39)40-20-12-18-36(30-40)37-25-28-44-43-22-8-10-24-47(43)56-48(44)32-37/h1-32H/i1D,2D,3D,4D,5D,6D,7D,8D,9D,10D,11D,12D,13D,14D,15D,16D,17D,18D,19D,20D,21D,22D,23D,24D,25D,26D,27D,28D,29D,30D,31D,32D. The van der Waals surface area contributed by atoms with Crippen LogP contribution in [-0.4, -0.2) is 19.5 Å². The number of hydrogen-bond acceptors (Lipinski definition) is 4. The van der Waals surface area contributed by atoms with Crippen molar-refractivity contribution in [1.29, 1.82) is 0 Å². The molecule has 0 radical (unpaired) electrons. The minimum atomic E-state index is -1.11. The molecular formula is C51H32N4O. The Kier molecular flexibility index (Phi) is 3.10. The predicted octanol–water partition coefficient (Wildman–Crippen LogP) is 13.2. The van der Waals surface area contributed by atoms with Gasteiger partial charge in [-0.15, -0.1) is 0 Å². The zero-order valence-corrected chi connectivity index (χ0v) is 27.7. The Morgan fingerprint density at radius 3 is 1.66 bits per heavy atom. The van der Waals surface area contributed by atoms with E-state index in [4.69, 9.17) is 31.8 Å². The van der Waals surface area contributed by atoms with Gasteiger partial charge in [0.2, 0.25) is 0 Å². The first-order chi connectivity index (χ1) is 41.1. The van der Waals surface area contributed by atoms with Crippen LogP contribution in [0.1, 0.15) is 43.9 Å². The SMILES string of the molecule is [2H]c1c([2H])c([2H])c(-c2nc(-c3c([2H])c([2H])c([2H])c(-c4c([2H])c([2H])c([2H])c([2H])c4[2H])c3[2H])nc(-c3c([2H])c([2H])c4c5c([2H])c([2H])c([2H])c([2H])c5n(-c5c([2H])c([2H])c([2H])c(-c6c([2H])c([2H])c7c(oc8c([2H])c([2H])c([2H])c([2H])c87)c6[2H])c5[2H])c4c3[2H])n2)c([2H])c1[2H]. The van der Waals surface area contributed by atoms with Gasteiger partial charge >= 0.3 is 0 Å². The predicted molar refractivity (Wildman–Crippen MR) is 229 cm³/mol. The second kappa shape index (κ2) is 13.0. The highest BCUT2D eigenvalue weighted by Gasteiger charge is 2.18. The second-order valence-corrected chi connectivity index (χ2v) is 11.6. The monoisotopic (exact) mass is 748 g/mol. The first-order valence-electron chi connectivity index (χ1n) is 32.2. The molecule has 0 atom stereocenters. The molecule has 0 aliphatic rings. The average molecular weight is 749 g/mol. The highest BCUT2D eigenvalue weighted by Crippen LogP contribution is 2.37. The molecule has 56 heavy (non-hydrogen) atoms. The molecule has 0 spiro atoms. The molecule has 3 heterocycles. The highest BCUT2D eigenvalue weighted by atomic mass is 16.3. The van der Waals surface area contributed by atoms with Crippen LogP contribution in [0.4, 0.5) is 0 Å². The Labute approximate surface area is 367 Å². The van der Waals surface area contributed by atoms with Gasteiger partial charge in [-0.05, 0) is 70.6 Å². The molecule has 0 fully saturated rings. The Hall–Kier alpha value is -7.63. The van der Waals surface area contributed by atoms with E-state index in [9.17, 15) is 16.4 Å². The molecule has 8 aromatic carbocycles. The Balaban J connectivity index is 1.31. The van der Waals surface area contributed by atoms with E-state index in [-0.39, 0.29) is 0 Å². The largest absolute Gasteiger partial charge is 0.456 e. The summed E-state index contributed by atoms with van der Waals surface area (Å²) in [6, 6.07) is -30.8. The fraction of sp³-hybridized carbons (Fsp3) is 0. The number of furan rings is 1. The van der Waals surface area contributed by atoms with Crippen molar-refractivity contribution in [3.8, 4) is 62.1 Å². The summed E-state index contributed by atoms with van der Waals surface area (Å²) >= 11 is 0. The van der Waals surface area contributed by atoms with Crippen molar-refractivity contribution < 1.29 is 48.3 Å².